The maximum absolute atomic E-state index is 12.4. The normalized spacial score (nSPS) is 33.2. The molecule has 28 heavy (non-hydrogen) atoms. The van der Waals surface area contributed by atoms with Gasteiger partial charge in [0.1, 0.15) is 18.4 Å². The summed E-state index contributed by atoms with van der Waals surface area (Å²) in [5.41, 5.74) is 0.107. The van der Waals surface area contributed by atoms with E-state index in [0.29, 0.717) is 6.04 Å². The van der Waals surface area contributed by atoms with Gasteiger partial charge in [0.05, 0.1) is 18.1 Å². The first-order chi connectivity index (χ1) is 13.4. The zero-order chi connectivity index (χ0) is 20.0. The standard InChI is InChI=1S/C18H25N5O4S/c1-9-14-13(10(2)24)17(25)23(14)15(18(26)27)16(9)28-12-5-11(20-6-12)3-4-22-8-19-7-21-22/h7-14,20,24H,3-6H2,1-2H3,(H,26,27)/t9-,10-,11+,12+,13-,14-/m1/s1. The van der Waals surface area contributed by atoms with E-state index in [-0.39, 0.29) is 28.8 Å². The molecule has 0 bridgehead atoms. The lowest BCUT2D eigenvalue weighted by Gasteiger charge is -2.46. The van der Waals surface area contributed by atoms with Crippen LogP contribution in [0.25, 0.3) is 0 Å². The molecule has 0 unspecified atom stereocenters. The van der Waals surface area contributed by atoms with Crippen LogP contribution in [-0.4, -0.2) is 71.7 Å². The van der Waals surface area contributed by atoms with Gasteiger partial charge in [0.25, 0.3) is 0 Å². The van der Waals surface area contributed by atoms with Gasteiger partial charge in [-0.2, -0.15) is 5.10 Å². The molecule has 0 spiro atoms. The third-order valence-electron chi connectivity index (χ3n) is 5.96. The molecule has 1 aromatic rings. The van der Waals surface area contributed by atoms with Crippen molar-refractivity contribution < 1.29 is 19.8 Å². The number of hydrogen-bond acceptors (Lipinski definition) is 7. The number of amides is 1. The van der Waals surface area contributed by atoms with Gasteiger partial charge in [0, 0.05) is 35.2 Å². The van der Waals surface area contributed by atoms with E-state index in [1.165, 1.54) is 11.2 Å². The Labute approximate surface area is 167 Å². The number of carboxylic acids is 1. The first-order valence-electron chi connectivity index (χ1n) is 9.59. The quantitative estimate of drug-likeness (QED) is 0.552. The molecule has 3 aliphatic heterocycles. The molecule has 0 saturated carbocycles. The number of thioether (sulfide) groups is 1. The van der Waals surface area contributed by atoms with E-state index in [4.69, 9.17) is 0 Å². The van der Waals surface area contributed by atoms with E-state index in [1.54, 1.807) is 29.7 Å². The largest absolute Gasteiger partial charge is 0.477 e. The monoisotopic (exact) mass is 407 g/mol. The van der Waals surface area contributed by atoms with Crippen molar-refractivity contribution in [1.82, 2.24) is 25.0 Å². The van der Waals surface area contributed by atoms with Gasteiger partial charge >= 0.3 is 5.97 Å². The summed E-state index contributed by atoms with van der Waals surface area (Å²) in [6.07, 6.45) is 4.31. The number of carbonyl (C=O) groups excluding carboxylic acids is 1. The lowest BCUT2D eigenvalue weighted by molar-refractivity contribution is -0.163. The maximum atomic E-state index is 12.4. The fraction of sp³-hybridized carbons (Fsp3) is 0.667. The Morgan fingerprint density at radius 2 is 2.29 bits per heavy atom. The van der Waals surface area contributed by atoms with Crippen molar-refractivity contribution in [2.45, 2.75) is 56.7 Å². The molecule has 2 fully saturated rings. The highest BCUT2D eigenvalue weighted by molar-refractivity contribution is 8.03. The summed E-state index contributed by atoms with van der Waals surface area (Å²) in [6, 6.07) is 0.0923. The molecule has 0 radical (unpaired) electrons. The summed E-state index contributed by atoms with van der Waals surface area (Å²) in [4.78, 5) is 30.4. The molecule has 6 atom stereocenters. The van der Waals surface area contributed by atoms with Gasteiger partial charge in [-0.15, -0.1) is 11.8 Å². The number of nitrogens with one attached hydrogen (secondary N) is 1. The predicted molar refractivity (Wildman–Crippen MR) is 102 cm³/mol. The number of aliphatic hydroxyl groups is 1. The first kappa shape index (κ1) is 19.4. The lowest BCUT2D eigenvalue weighted by atomic mass is 9.79. The molecule has 4 heterocycles. The fourth-order valence-electron chi connectivity index (χ4n) is 4.59. The number of carboxylic acid groups (broad SMARTS) is 1. The van der Waals surface area contributed by atoms with Gasteiger partial charge in [0.15, 0.2) is 0 Å². The highest BCUT2D eigenvalue weighted by atomic mass is 32.2. The Morgan fingerprint density at radius 3 is 2.93 bits per heavy atom. The number of fused-ring (bicyclic) bond motifs is 1. The molecule has 152 valence electrons. The second-order valence-corrected chi connectivity index (χ2v) is 9.14. The zero-order valence-electron chi connectivity index (χ0n) is 15.9. The first-order valence-corrected chi connectivity index (χ1v) is 10.5. The SMILES string of the molecule is C[C@@H](O)[C@H]1C(=O)N2C(C(=O)O)=C(S[C@@H]3CN[C@@H](CCn4cncn4)C3)[C@H](C)[C@H]12. The van der Waals surface area contributed by atoms with Gasteiger partial charge in [-0.3, -0.25) is 9.48 Å². The maximum Gasteiger partial charge on any atom is 0.353 e. The Bertz CT molecular complexity index is 796. The van der Waals surface area contributed by atoms with Gasteiger partial charge in [-0.1, -0.05) is 6.92 Å². The van der Waals surface area contributed by atoms with Crippen molar-refractivity contribution in [3.63, 3.8) is 0 Å². The molecule has 10 heteroatoms. The molecule has 4 rings (SSSR count). The number of carbonyl (C=O) groups is 2. The fourth-order valence-corrected chi connectivity index (χ4v) is 6.10. The van der Waals surface area contributed by atoms with E-state index >= 15 is 0 Å². The number of hydrogen-bond donors (Lipinski definition) is 3. The smallest absolute Gasteiger partial charge is 0.353 e. The van der Waals surface area contributed by atoms with Gasteiger partial charge in [-0.05, 0) is 19.8 Å². The van der Waals surface area contributed by atoms with Crippen molar-refractivity contribution in [2.75, 3.05) is 6.54 Å². The van der Waals surface area contributed by atoms with Crippen LogP contribution in [0.1, 0.15) is 26.7 Å². The van der Waals surface area contributed by atoms with Crippen LogP contribution in [0.4, 0.5) is 0 Å². The molecular weight excluding hydrogens is 382 g/mol. The minimum Gasteiger partial charge on any atom is -0.477 e. The number of aliphatic carboxylic acids is 1. The number of nitrogens with zero attached hydrogens (tertiary/aromatic N) is 4. The Morgan fingerprint density at radius 1 is 1.50 bits per heavy atom. The number of rotatable bonds is 7. The molecule has 0 aliphatic carbocycles. The van der Waals surface area contributed by atoms with Gasteiger partial charge in [0.2, 0.25) is 5.91 Å². The molecule has 1 amide bonds. The van der Waals surface area contributed by atoms with Crippen molar-refractivity contribution in [2.24, 2.45) is 11.8 Å². The summed E-state index contributed by atoms with van der Waals surface area (Å²) in [6.45, 7) is 5.14. The average molecular weight is 407 g/mol. The van der Waals surface area contributed by atoms with Crippen molar-refractivity contribution >= 4 is 23.6 Å². The van der Waals surface area contributed by atoms with E-state index in [2.05, 4.69) is 15.4 Å². The Kier molecular flexibility index (Phi) is 5.19. The molecule has 9 nitrogen and oxygen atoms in total. The van der Waals surface area contributed by atoms with Crippen LogP contribution in [0.5, 0.6) is 0 Å². The molecule has 2 saturated heterocycles. The highest BCUT2D eigenvalue weighted by Crippen LogP contribution is 2.51. The summed E-state index contributed by atoms with van der Waals surface area (Å²) in [7, 11) is 0. The van der Waals surface area contributed by atoms with Crippen molar-refractivity contribution in [3.8, 4) is 0 Å². The molecule has 3 aliphatic rings. The minimum absolute atomic E-state index is 0.0809. The number of aryl methyl sites for hydroxylation is 1. The molecule has 0 aromatic carbocycles. The Balaban J connectivity index is 1.42. The van der Waals surface area contributed by atoms with Crippen LogP contribution in [-0.2, 0) is 16.1 Å². The topological polar surface area (TPSA) is 121 Å². The predicted octanol–water partition coefficient (Wildman–Crippen LogP) is 0.286. The van der Waals surface area contributed by atoms with Crippen LogP contribution < -0.4 is 5.32 Å². The van der Waals surface area contributed by atoms with Crippen molar-refractivity contribution in [3.05, 3.63) is 23.3 Å². The second-order valence-electron chi connectivity index (χ2n) is 7.80. The van der Waals surface area contributed by atoms with E-state index in [9.17, 15) is 19.8 Å². The summed E-state index contributed by atoms with van der Waals surface area (Å²) in [5.74, 6) is -1.94. The van der Waals surface area contributed by atoms with E-state index in [1.807, 2.05) is 6.92 Å². The van der Waals surface area contributed by atoms with Crippen molar-refractivity contribution in [1.29, 1.82) is 0 Å². The van der Waals surface area contributed by atoms with E-state index < -0.39 is 18.0 Å². The number of β-lactam (4-membered cyclic amide) rings is 1. The number of aliphatic hydroxyl groups excluding tert-OH is 1. The van der Waals surface area contributed by atoms with Crippen LogP contribution in [0.2, 0.25) is 0 Å². The summed E-state index contributed by atoms with van der Waals surface area (Å²) >= 11 is 1.58. The van der Waals surface area contributed by atoms with E-state index in [0.717, 1.165) is 30.8 Å². The average Bonchev–Trinajstić information content (AvgIpc) is 3.34. The molecule has 3 N–H and O–H groups in total. The minimum atomic E-state index is -1.07. The van der Waals surface area contributed by atoms with Gasteiger partial charge < -0.3 is 20.4 Å². The zero-order valence-corrected chi connectivity index (χ0v) is 16.7. The lowest BCUT2D eigenvalue weighted by Crippen LogP contribution is -2.63. The third-order valence-corrected chi connectivity index (χ3v) is 7.47. The summed E-state index contributed by atoms with van der Waals surface area (Å²) < 4.78 is 1.80. The van der Waals surface area contributed by atoms with Crippen LogP contribution in [0.15, 0.2) is 23.3 Å². The molecular formula is C18H25N5O4S. The van der Waals surface area contributed by atoms with Crippen LogP contribution in [0, 0.1) is 11.8 Å². The van der Waals surface area contributed by atoms with Gasteiger partial charge in [-0.25, -0.2) is 9.78 Å². The molecule has 1 aromatic heterocycles. The Hall–Kier alpha value is -1.91. The summed E-state index contributed by atoms with van der Waals surface area (Å²) in [5, 5.41) is 27.5. The second kappa shape index (κ2) is 7.49. The van der Waals surface area contributed by atoms with Crippen LogP contribution >= 0.6 is 11.8 Å². The number of aromatic nitrogens is 3. The highest BCUT2D eigenvalue weighted by Gasteiger charge is 2.60. The third kappa shape index (κ3) is 3.23. The van der Waals surface area contributed by atoms with Crippen LogP contribution in [0.3, 0.4) is 0 Å².